The quantitative estimate of drug-likeness (QED) is 0.748. The number of hydrogen-bond donors (Lipinski definition) is 1. The van der Waals surface area contributed by atoms with Gasteiger partial charge in [0.05, 0.1) is 15.3 Å². The van der Waals surface area contributed by atoms with Crippen molar-refractivity contribution in [1.82, 2.24) is 0 Å². The molecule has 0 saturated heterocycles. The van der Waals surface area contributed by atoms with Crippen molar-refractivity contribution in [2.24, 2.45) is 0 Å². The van der Waals surface area contributed by atoms with Crippen LogP contribution in [0.1, 0.15) is 0 Å². The van der Waals surface area contributed by atoms with Gasteiger partial charge in [0.1, 0.15) is 5.75 Å². The maximum absolute atomic E-state index is 10.8. The summed E-state index contributed by atoms with van der Waals surface area (Å²) in [6.45, 7) is 0. The van der Waals surface area contributed by atoms with Gasteiger partial charge in [-0.05, 0) is 22.9 Å². The number of hydrogen-bond acceptors (Lipinski definition) is 2. The van der Waals surface area contributed by atoms with E-state index in [1.54, 1.807) is 7.11 Å². The zero-order chi connectivity index (χ0) is 13.9. The van der Waals surface area contributed by atoms with E-state index in [2.05, 4.69) is 12.1 Å². The van der Waals surface area contributed by atoms with Crippen LogP contribution < -0.4 is 15.3 Å². The fourth-order valence-electron chi connectivity index (χ4n) is 2.33. The number of benzene rings is 3. The molecule has 0 aliphatic carbocycles. The fourth-order valence-corrected chi connectivity index (χ4v) is 3.85. The normalized spacial score (nSPS) is 12.3. The summed E-state index contributed by atoms with van der Waals surface area (Å²) in [5.74, 6) is 0.731. The van der Waals surface area contributed by atoms with Crippen molar-refractivity contribution < 1.29 is 9.63 Å². The van der Waals surface area contributed by atoms with Gasteiger partial charge in [-0.15, -0.1) is 0 Å². The zero-order valence-electron chi connectivity index (χ0n) is 11.2. The van der Waals surface area contributed by atoms with Crippen molar-refractivity contribution in [2.45, 2.75) is 0 Å². The molecule has 100 valence electrons. The van der Waals surface area contributed by atoms with Crippen LogP contribution in [0.4, 0.5) is 0 Å². The van der Waals surface area contributed by atoms with Gasteiger partial charge < -0.3 is 9.63 Å². The fraction of sp³-hybridized carbons (Fsp3) is 0.0588. The smallest absolute Gasteiger partial charge is 0.129 e. The molecule has 2 nitrogen and oxygen atoms in total. The molecule has 1 N–H and O–H groups in total. The highest BCUT2D eigenvalue weighted by Crippen LogP contribution is 2.35. The molecule has 1 unspecified atom stereocenters. The van der Waals surface area contributed by atoms with Gasteiger partial charge in [-0.2, -0.15) is 0 Å². The van der Waals surface area contributed by atoms with Gasteiger partial charge in [0, 0.05) is 10.6 Å². The number of fused-ring (bicyclic) bond motifs is 1. The zero-order valence-corrected chi connectivity index (χ0v) is 12.0. The Balaban J connectivity index is 2.15. The molecule has 0 amide bonds. The molecule has 1 atom stereocenters. The summed E-state index contributed by atoms with van der Waals surface area (Å²) in [7, 11) is 0.208. The van der Waals surface area contributed by atoms with E-state index in [9.17, 15) is 4.89 Å². The third-order valence-corrected chi connectivity index (χ3v) is 4.98. The van der Waals surface area contributed by atoms with Gasteiger partial charge in [0.25, 0.3) is 0 Å². The third kappa shape index (κ3) is 2.29. The molecule has 0 aliphatic rings. The summed E-state index contributed by atoms with van der Waals surface area (Å²) in [5.41, 5.74) is 0. The van der Waals surface area contributed by atoms with Crippen LogP contribution in [-0.2, 0) is 0 Å². The van der Waals surface area contributed by atoms with Crippen LogP contribution in [0.3, 0.4) is 0 Å². The second kappa shape index (κ2) is 5.62. The van der Waals surface area contributed by atoms with Gasteiger partial charge in [-0.25, -0.2) is 0 Å². The van der Waals surface area contributed by atoms with E-state index in [-0.39, 0.29) is 0 Å². The molecule has 0 heterocycles. The SMILES string of the molecule is COc1ccccc1P(O)c1cccc2ccccc12. The van der Waals surface area contributed by atoms with Crippen molar-refractivity contribution in [3.63, 3.8) is 0 Å². The maximum atomic E-state index is 10.8. The van der Waals surface area contributed by atoms with Crippen LogP contribution >= 0.6 is 8.15 Å². The second-order valence-corrected chi connectivity index (χ2v) is 6.07. The first kappa shape index (κ1) is 13.1. The number of para-hydroxylation sites is 1. The molecule has 3 aromatic carbocycles. The Bertz CT molecular complexity index is 734. The Morgan fingerprint density at radius 1 is 0.800 bits per heavy atom. The molecule has 3 aromatic rings. The minimum Gasteiger partial charge on any atom is -0.496 e. The lowest BCUT2D eigenvalue weighted by atomic mass is 10.1. The van der Waals surface area contributed by atoms with Gasteiger partial charge in [0.2, 0.25) is 0 Å². The molecule has 0 aromatic heterocycles. The van der Waals surface area contributed by atoms with E-state index in [1.807, 2.05) is 54.6 Å². The van der Waals surface area contributed by atoms with E-state index in [1.165, 1.54) is 0 Å². The highest BCUT2D eigenvalue weighted by atomic mass is 31.1. The lowest BCUT2D eigenvalue weighted by Crippen LogP contribution is -2.14. The molecule has 0 fully saturated rings. The first-order chi connectivity index (χ1) is 9.81. The third-order valence-electron chi connectivity index (χ3n) is 3.31. The predicted molar refractivity (Wildman–Crippen MR) is 85.3 cm³/mol. The molecule has 20 heavy (non-hydrogen) atoms. The molecule has 3 heteroatoms. The molecular formula is C17H15O2P. The maximum Gasteiger partial charge on any atom is 0.129 e. The Hall–Kier alpha value is -1.89. The van der Waals surface area contributed by atoms with E-state index in [0.29, 0.717) is 0 Å². The summed E-state index contributed by atoms with van der Waals surface area (Å²) < 4.78 is 5.36. The molecule has 3 rings (SSSR count). The van der Waals surface area contributed by atoms with Gasteiger partial charge in [-0.3, -0.25) is 0 Å². The monoisotopic (exact) mass is 282 g/mol. The van der Waals surface area contributed by atoms with Gasteiger partial charge in [-0.1, -0.05) is 54.6 Å². The summed E-state index contributed by atoms with van der Waals surface area (Å²) in [5, 5.41) is 4.04. The van der Waals surface area contributed by atoms with E-state index in [4.69, 9.17) is 4.74 Å². The molecule has 0 radical (unpaired) electrons. The highest BCUT2D eigenvalue weighted by Gasteiger charge is 2.17. The Morgan fingerprint density at radius 3 is 2.30 bits per heavy atom. The molecule has 0 saturated carbocycles. The summed E-state index contributed by atoms with van der Waals surface area (Å²) in [6.07, 6.45) is 0. The van der Waals surface area contributed by atoms with Crippen molar-refractivity contribution in [2.75, 3.05) is 7.11 Å². The van der Waals surface area contributed by atoms with Crippen LogP contribution in [0.5, 0.6) is 5.75 Å². The number of ether oxygens (including phenoxy) is 1. The summed E-state index contributed by atoms with van der Waals surface area (Å²) in [6, 6.07) is 21.8. The highest BCUT2D eigenvalue weighted by molar-refractivity contribution is 7.68. The lowest BCUT2D eigenvalue weighted by molar-refractivity contribution is 0.418. The standard InChI is InChI=1S/C17H15O2P/c1-19-15-10-4-5-11-17(15)20(18)16-12-6-8-13-7-2-3-9-14(13)16/h2-12,18H,1H3. The van der Waals surface area contributed by atoms with E-state index in [0.717, 1.165) is 27.1 Å². The Morgan fingerprint density at radius 2 is 1.45 bits per heavy atom. The van der Waals surface area contributed by atoms with Crippen molar-refractivity contribution in [1.29, 1.82) is 0 Å². The first-order valence-electron chi connectivity index (χ1n) is 6.41. The van der Waals surface area contributed by atoms with Crippen molar-refractivity contribution in [3.8, 4) is 5.75 Å². The molecule has 0 spiro atoms. The molecule has 0 bridgehead atoms. The van der Waals surface area contributed by atoms with Crippen LogP contribution in [0.2, 0.25) is 0 Å². The predicted octanol–water partition coefficient (Wildman–Crippen LogP) is 3.19. The summed E-state index contributed by atoms with van der Waals surface area (Å²) >= 11 is 0. The van der Waals surface area contributed by atoms with E-state index < -0.39 is 8.15 Å². The average Bonchev–Trinajstić information content (AvgIpc) is 2.53. The summed E-state index contributed by atoms with van der Waals surface area (Å²) in [4.78, 5) is 10.8. The Kier molecular flexibility index (Phi) is 3.68. The number of methoxy groups -OCH3 is 1. The van der Waals surface area contributed by atoms with Crippen LogP contribution in [0.15, 0.2) is 66.7 Å². The minimum absolute atomic E-state index is 0.731. The topological polar surface area (TPSA) is 29.5 Å². The second-order valence-electron chi connectivity index (χ2n) is 4.48. The Labute approximate surface area is 119 Å². The molecular weight excluding hydrogens is 267 g/mol. The van der Waals surface area contributed by atoms with Crippen molar-refractivity contribution >= 4 is 29.5 Å². The number of rotatable bonds is 3. The van der Waals surface area contributed by atoms with Crippen LogP contribution in [0, 0.1) is 0 Å². The van der Waals surface area contributed by atoms with Crippen LogP contribution in [0.25, 0.3) is 10.8 Å². The van der Waals surface area contributed by atoms with Gasteiger partial charge in [0.15, 0.2) is 0 Å². The first-order valence-corrected chi connectivity index (χ1v) is 7.70. The van der Waals surface area contributed by atoms with E-state index >= 15 is 0 Å². The molecule has 0 aliphatic heterocycles. The van der Waals surface area contributed by atoms with Crippen LogP contribution in [-0.4, -0.2) is 12.0 Å². The van der Waals surface area contributed by atoms with Crippen molar-refractivity contribution in [3.05, 3.63) is 66.7 Å². The lowest BCUT2D eigenvalue weighted by Gasteiger charge is -2.16. The van der Waals surface area contributed by atoms with Gasteiger partial charge >= 0.3 is 0 Å². The average molecular weight is 282 g/mol. The minimum atomic E-state index is -1.42. The largest absolute Gasteiger partial charge is 0.496 e.